The third-order valence-electron chi connectivity index (χ3n) is 7.07. The number of ether oxygens (including phenoxy) is 1. The lowest BCUT2D eigenvalue weighted by Crippen LogP contribution is -2.48. The number of furan rings is 1. The van der Waals surface area contributed by atoms with Gasteiger partial charge in [-0.3, -0.25) is 9.69 Å². The third-order valence-corrected chi connectivity index (χ3v) is 7.07. The minimum atomic E-state index is -0.0672. The molecule has 0 radical (unpaired) electrons. The second kappa shape index (κ2) is 11.0. The van der Waals surface area contributed by atoms with Crippen molar-refractivity contribution in [2.75, 3.05) is 26.2 Å². The number of hydrogen-bond acceptors (Lipinski definition) is 5. The van der Waals surface area contributed by atoms with Gasteiger partial charge in [-0.05, 0) is 62.2 Å². The molecule has 192 valence electrons. The summed E-state index contributed by atoms with van der Waals surface area (Å²) in [7, 11) is 0. The van der Waals surface area contributed by atoms with Gasteiger partial charge in [-0.15, -0.1) is 0 Å². The number of para-hydroxylation sites is 1. The molecule has 5 rings (SSSR count). The topological polar surface area (TPSA) is 63.7 Å². The van der Waals surface area contributed by atoms with Crippen molar-refractivity contribution < 1.29 is 13.9 Å². The minimum absolute atomic E-state index is 0.0672. The summed E-state index contributed by atoms with van der Waals surface area (Å²) in [6, 6.07) is 21.8. The van der Waals surface area contributed by atoms with E-state index in [9.17, 15) is 4.79 Å². The summed E-state index contributed by atoms with van der Waals surface area (Å²) in [5, 5.41) is 4.78. The molecule has 1 aliphatic rings. The third kappa shape index (κ3) is 5.62. The molecule has 0 N–H and O–H groups in total. The zero-order valence-corrected chi connectivity index (χ0v) is 21.8. The summed E-state index contributed by atoms with van der Waals surface area (Å²) in [5.74, 6) is 1.73. The van der Waals surface area contributed by atoms with E-state index in [-0.39, 0.29) is 5.91 Å². The summed E-state index contributed by atoms with van der Waals surface area (Å²) >= 11 is 0. The highest BCUT2D eigenvalue weighted by Gasteiger charge is 2.25. The molecular weight excluding hydrogens is 464 g/mol. The number of nitrogens with zero attached hydrogens (tertiary/aromatic N) is 4. The van der Waals surface area contributed by atoms with Crippen molar-refractivity contribution in [3.8, 4) is 11.4 Å². The number of aryl methyl sites for hydroxylation is 2. The Balaban J connectivity index is 1.14. The molecule has 0 aliphatic carbocycles. The van der Waals surface area contributed by atoms with Gasteiger partial charge in [0.2, 0.25) is 0 Å². The van der Waals surface area contributed by atoms with E-state index in [1.807, 2.05) is 46.0 Å². The van der Waals surface area contributed by atoms with Gasteiger partial charge in [0.1, 0.15) is 18.1 Å². The molecule has 2 aromatic heterocycles. The van der Waals surface area contributed by atoms with Crippen molar-refractivity contribution in [2.45, 2.75) is 40.3 Å². The van der Waals surface area contributed by atoms with E-state index < -0.39 is 0 Å². The van der Waals surface area contributed by atoms with Crippen LogP contribution >= 0.6 is 0 Å². The van der Waals surface area contributed by atoms with Crippen LogP contribution in [0.25, 0.3) is 5.69 Å². The van der Waals surface area contributed by atoms with Crippen molar-refractivity contribution in [3.63, 3.8) is 0 Å². The quantitative estimate of drug-likeness (QED) is 0.335. The molecule has 0 unspecified atom stereocenters. The van der Waals surface area contributed by atoms with Crippen molar-refractivity contribution in [1.82, 2.24) is 19.6 Å². The number of benzene rings is 2. The molecule has 1 amide bonds. The summed E-state index contributed by atoms with van der Waals surface area (Å²) in [6.45, 7) is 10.4. The molecule has 1 saturated heterocycles. The van der Waals surface area contributed by atoms with Crippen LogP contribution in [0.2, 0.25) is 0 Å². The second-order valence-electron chi connectivity index (χ2n) is 9.52. The van der Waals surface area contributed by atoms with Gasteiger partial charge in [0, 0.05) is 44.0 Å². The van der Waals surface area contributed by atoms with E-state index >= 15 is 0 Å². The Hall–Kier alpha value is -3.84. The Morgan fingerprint density at radius 1 is 0.946 bits per heavy atom. The van der Waals surface area contributed by atoms with Crippen molar-refractivity contribution in [2.24, 2.45) is 0 Å². The number of rotatable bonds is 8. The molecule has 3 heterocycles. The van der Waals surface area contributed by atoms with Crippen molar-refractivity contribution >= 4 is 5.91 Å². The fourth-order valence-corrected chi connectivity index (χ4v) is 4.76. The van der Waals surface area contributed by atoms with E-state index in [4.69, 9.17) is 14.3 Å². The number of carbonyl (C=O) groups excluding carboxylic acids is 1. The average Bonchev–Trinajstić information content (AvgIpc) is 3.53. The number of piperazine rings is 1. The molecule has 0 atom stereocenters. The van der Waals surface area contributed by atoms with Gasteiger partial charge in [0.15, 0.2) is 5.76 Å². The van der Waals surface area contributed by atoms with E-state index in [1.54, 1.807) is 6.07 Å². The summed E-state index contributed by atoms with van der Waals surface area (Å²) in [4.78, 5) is 17.3. The lowest BCUT2D eigenvalue weighted by molar-refractivity contribution is 0.0593. The average molecular weight is 499 g/mol. The standard InChI is InChI=1S/C30H34N4O3/c1-4-24-10-12-26(13-11-24)36-21-27-14-15-29(37-27)30(35)33-18-16-32(17-19-33)20-28-22(2)31-34(23(28)3)25-8-6-5-7-9-25/h5-15H,4,16-21H2,1-3H3. The van der Waals surface area contributed by atoms with Crippen molar-refractivity contribution in [1.29, 1.82) is 0 Å². The predicted octanol–water partition coefficient (Wildman–Crippen LogP) is 5.18. The van der Waals surface area contributed by atoms with Crippen LogP contribution in [-0.4, -0.2) is 51.7 Å². The molecule has 0 saturated carbocycles. The summed E-state index contributed by atoms with van der Waals surface area (Å²) < 4.78 is 13.7. The Morgan fingerprint density at radius 3 is 2.38 bits per heavy atom. The fourth-order valence-electron chi connectivity index (χ4n) is 4.76. The van der Waals surface area contributed by atoms with Crippen LogP contribution in [0.4, 0.5) is 0 Å². The molecule has 2 aromatic carbocycles. The zero-order valence-electron chi connectivity index (χ0n) is 21.8. The minimum Gasteiger partial charge on any atom is -0.486 e. The summed E-state index contributed by atoms with van der Waals surface area (Å²) in [5.41, 5.74) is 5.80. The maximum absolute atomic E-state index is 13.1. The molecule has 7 heteroatoms. The Bertz CT molecular complexity index is 1330. The fraction of sp³-hybridized carbons (Fsp3) is 0.333. The number of amides is 1. The van der Waals surface area contributed by atoms with Gasteiger partial charge in [0.25, 0.3) is 5.91 Å². The highest BCUT2D eigenvalue weighted by atomic mass is 16.5. The second-order valence-corrected chi connectivity index (χ2v) is 9.52. The lowest BCUT2D eigenvalue weighted by Gasteiger charge is -2.34. The molecule has 1 aliphatic heterocycles. The van der Waals surface area contributed by atoms with Gasteiger partial charge in [-0.2, -0.15) is 5.10 Å². The molecule has 4 aromatic rings. The highest BCUT2D eigenvalue weighted by molar-refractivity contribution is 5.91. The maximum atomic E-state index is 13.1. The van der Waals surface area contributed by atoms with Gasteiger partial charge in [0.05, 0.1) is 11.4 Å². The Kier molecular flexibility index (Phi) is 7.42. The van der Waals surface area contributed by atoms with Crippen LogP contribution in [0.5, 0.6) is 5.75 Å². The van der Waals surface area contributed by atoms with Gasteiger partial charge < -0.3 is 14.1 Å². The Labute approximate surface area is 218 Å². The first-order valence-corrected chi connectivity index (χ1v) is 12.9. The van der Waals surface area contributed by atoms with Gasteiger partial charge in [-0.25, -0.2) is 4.68 Å². The van der Waals surface area contributed by atoms with Crippen LogP contribution in [-0.2, 0) is 19.6 Å². The molecule has 7 nitrogen and oxygen atoms in total. The van der Waals surface area contributed by atoms with E-state index in [0.717, 1.165) is 48.9 Å². The van der Waals surface area contributed by atoms with Gasteiger partial charge >= 0.3 is 0 Å². The van der Waals surface area contributed by atoms with Crippen LogP contribution in [0.15, 0.2) is 71.1 Å². The van der Waals surface area contributed by atoms with Crippen LogP contribution in [0.1, 0.15) is 45.8 Å². The first kappa shape index (κ1) is 24.8. The normalized spacial score (nSPS) is 14.2. The molecular formula is C30H34N4O3. The lowest BCUT2D eigenvalue weighted by atomic mass is 10.1. The predicted molar refractivity (Wildman–Crippen MR) is 143 cm³/mol. The first-order valence-electron chi connectivity index (χ1n) is 12.9. The number of aromatic nitrogens is 2. The number of carbonyl (C=O) groups is 1. The highest BCUT2D eigenvalue weighted by Crippen LogP contribution is 2.21. The number of hydrogen-bond donors (Lipinski definition) is 0. The summed E-state index contributed by atoms with van der Waals surface area (Å²) in [6.07, 6.45) is 0.996. The van der Waals surface area contributed by atoms with Crippen LogP contribution < -0.4 is 4.74 Å². The van der Waals surface area contributed by atoms with Crippen LogP contribution in [0, 0.1) is 13.8 Å². The molecule has 1 fully saturated rings. The Morgan fingerprint density at radius 2 is 1.68 bits per heavy atom. The van der Waals surface area contributed by atoms with Crippen LogP contribution in [0.3, 0.4) is 0 Å². The smallest absolute Gasteiger partial charge is 0.289 e. The molecule has 0 bridgehead atoms. The van der Waals surface area contributed by atoms with Gasteiger partial charge in [-0.1, -0.05) is 37.3 Å². The van der Waals surface area contributed by atoms with E-state index in [2.05, 4.69) is 49.9 Å². The van der Waals surface area contributed by atoms with E-state index in [0.29, 0.717) is 31.2 Å². The molecule has 0 spiro atoms. The largest absolute Gasteiger partial charge is 0.486 e. The maximum Gasteiger partial charge on any atom is 0.289 e. The first-order chi connectivity index (χ1) is 18.0. The SMILES string of the molecule is CCc1ccc(OCc2ccc(C(=O)N3CCN(Cc4c(C)nn(-c5ccccc5)c4C)CC3)o2)cc1. The zero-order chi connectivity index (χ0) is 25.8. The van der Waals surface area contributed by atoms with Crippen molar-refractivity contribution in [3.05, 3.63) is 101 Å². The molecule has 37 heavy (non-hydrogen) atoms. The van der Waals surface area contributed by atoms with E-state index in [1.165, 1.54) is 11.1 Å². The monoisotopic (exact) mass is 498 g/mol.